The van der Waals surface area contributed by atoms with E-state index in [9.17, 15) is 14.0 Å². The zero-order chi connectivity index (χ0) is 20.7. The van der Waals surface area contributed by atoms with Crippen molar-refractivity contribution in [1.82, 2.24) is 14.3 Å². The Kier molecular flexibility index (Phi) is 4.96. The lowest BCUT2D eigenvalue weighted by Gasteiger charge is -2.13. The molecular formula is C21H20FN3O3S. The van der Waals surface area contributed by atoms with E-state index in [2.05, 4.69) is 5.10 Å². The predicted octanol–water partition coefficient (Wildman–Crippen LogP) is 4.03. The van der Waals surface area contributed by atoms with E-state index in [0.717, 1.165) is 30.7 Å². The predicted molar refractivity (Wildman–Crippen MR) is 111 cm³/mol. The minimum Gasteiger partial charge on any atom is -0.464 e. The molecule has 0 fully saturated rings. The van der Waals surface area contributed by atoms with Crippen LogP contribution < -0.4 is 5.56 Å². The summed E-state index contributed by atoms with van der Waals surface area (Å²) in [5.41, 5.74) is 1.91. The number of thiophene rings is 1. The van der Waals surface area contributed by atoms with Gasteiger partial charge in [-0.15, -0.1) is 11.3 Å². The normalized spacial score (nSPS) is 12.6. The van der Waals surface area contributed by atoms with Crippen LogP contribution in [0.1, 0.15) is 30.3 Å². The van der Waals surface area contributed by atoms with Crippen LogP contribution in [0.3, 0.4) is 0 Å². The fourth-order valence-electron chi connectivity index (χ4n) is 3.47. The van der Waals surface area contributed by atoms with Crippen LogP contribution in [0, 0.1) is 12.7 Å². The Morgan fingerprint density at radius 3 is 2.72 bits per heavy atom. The molecule has 1 aromatic carbocycles. The van der Waals surface area contributed by atoms with Gasteiger partial charge in [-0.2, -0.15) is 5.10 Å². The van der Waals surface area contributed by atoms with Gasteiger partial charge in [-0.1, -0.05) is 12.1 Å². The van der Waals surface area contributed by atoms with Crippen molar-refractivity contribution in [3.63, 3.8) is 0 Å². The van der Waals surface area contributed by atoms with Gasteiger partial charge in [0.05, 0.1) is 23.0 Å². The fourth-order valence-corrected chi connectivity index (χ4v) is 4.50. The van der Waals surface area contributed by atoms with E-state index in [1.165, 1.54) is 12.1 Å². The van der Waals surface area contributed by atoms with E-state index in [0.29, 0.717) is 12.1 Å². The number of carbonyl (C=O) groups excluding carboxylic acids is 1. The highest BCUT2D eigenvalue weighted by Crippen LogP contribution is 2.34. The monoisotopic (exact) mass is 413 g/mol. The number of ether oxygens (including phenoxy) is 1. The lowest BCUT2D eigenvalue weighted by molar-refractivity contribution is -0.147. The zero-order valence-corrected chi connectivity index (χ0v) is 17.1. The van der Waals surface area contributed by atoms with Crippen molar-refractivity contribution >= 4 is 38.4 Å². The highest BCUT2D eigenvalue weighted by molar-refractivity contribution is 7.20. The Morgan fingerprint density at radius 2 is 2.03 bits per heavy atom. The fraction of sp³-hybridized carbons (Fsp3) is 0.286. The van der Waals surface area contributed by atoms with E-state index in [4.69, 9.17) is 4.74 Å². The van der Waals surface area contributed by atoms with Crippen molar-refractivity contribution in [1.29, 1.82) is 0 Å². The Hall–Kier alpha value is -3.00. The highest BCUT2D eigenvalue weighted by Gasteiger charge is 2.23. The molecule has 0 saturated carbocycles. The molecule has 0 amide bonds. The highest BCUT2D eigenvalue weighted by atomic mass is 32.1. The summed E-state index contributed by atoms with van der Waals surface area (Å²) in [5, 5.41) is 5.00. The third-order valence-corrected chi connectivity index (χ3v) is 5.94. The largest absolute Gasteiger partial charge is 0.464 e. The van der Waals surface area contributed by atoms with Gasteiger partial charge in [0.2, 0.25) is 0 Å². The number of esters is 1. The molecule has 0 aliphatic heterocycles. The van der Waals surface area contributed by atoms with Gasteiger partial charge in [0.1, 0.15) is 11.3 Å². The first-order valence-corrected chi connectivity index (χ1v) is 10.1. The molecule has 0 spiro atoms. The number of aromatic nitrogens is 3. The summed E-state index contributed by atoms with van der Waals surface area (Å²) in [5.74, 6) is -0.812. The third-order valence-electron chi connectivity index (χ3n) is 4.87. The van der Waals surface area contributed by atoms with Gasteiger partial charge in [-0.3, -0.25) is 4.79 Å². The molecule has 29 heavy (non-hydrogen) atoms. The number of aryl methyl sites for hydroxylation is 1. The molecule has 0 bridgehead atoms. The number of benzene rings is 1. The number of hydrogen-bond donors (Lipinski definition) is 0. The SMILES string of the molecule is CCOC(=O)[C@H](C)n1ncc2c3sc(C)cc3n(Cc3ccc(F)cc3)c2c1=O. The number of nitrogens with zero attached hydrogens (tertiary/aromatic N) is 3. The molecule has 0 unspecified atom stereocenters. The van der Waals surface area contributed by atoms with E-state index >= 15 is 0 Å². The van der Waals surface area contributed by atoms with Crippen molar-refractivity contribution in [2.45, 2.75) is 33.4 Å². The summed E-state index contributed by atoms with van der Waals surface area (Å²) < 4.78 is 22.4. The molecular weight excluding hydrogens is 393 g/mol. The van der Waals surface area contributed by atoms with Gasteiger partial charge in [0.25, 0.3) is 5.56 Å². The Bertz CT molecular complexity index is 1270. The van der Waals surface area contributed by atoms with Gasteiger partial charge < -0.3 is 9.30 Å². The molecule has 3 heterocycles. The van der Waals surface area contributed by atoms with Crippen LogP contribution in [0.4, 0.5) is 4.39 Å². The van der Waals surface area contributed by atoms with E-state index in [-0.39, 0.29) is 18.0 Å². The molecule has 1 atom stereocenters. The first-order valence-electron chi connectivity index (χ1n) is 9.32. The molecule has 0 aliphatic rings. The van der Waals surface area contributed by atoms with Gasteiger partial charge in [-0.05, 0) is 44.5 Å². The second-order valence-corrected chi connectivity index (χ2v) is 8.12. The maximum atomic E-state index is 13.3. The standard InChI is InChI=1S/C21H20FN3O3S/c1-4-28-21(27)13(3)25-20(26)18-16(10-23-25)19-17(9-12(2)29-19)24(18)11-14-5-7-15(22)8-6-14/h5-10,13H,4,11H2,1-3H3/t13-/m0/s1. The van der Waals surface area contributed by atoms with Gasteiger partial charge >= 0.3 is 5.97 Å². The van der Waals surface area contributed by atoms with Crippen LogP contribution in [0.5, 0.6) is 0 Å². The van der Waals surface area contributed by atoms with Gasteiger partial charge in [-0.25, -0.2) is 13.9 Å². The van der Waals surface area contributed by atoms with Crippen molar-refractivity contribution < 1.29 is 13.9 Å². The smallest absolute Gasteiger partial charge is 0.330 e. The summed E-state index contributed by atoms with van der Waals surface area (Å²) in [7, 11) is 0. The Balaban J connectivity index is 1.93. The molecule has 4 rings (SSSR count). The second kappa shape index (κ2) is 7.44. The van der Waals surface area contributed by atoms with Crippen molar-refractivity contribution in [2.75, 3.05) is 6.61 Å². The van der Waals surface area contributed by atoms with Crippen molar-refractivity contribution in [3.05, 3.63) is 63.1 Å². The number of hydrogen-bond acceptors (Lipinski definition) is 5. The quantitative estimate of drug-likeness (QED) is 0.463. The van der Waals surface area contributed by atoms with Crippen LogP contribution in [-0.4, -0.2) is 26.9 Å². The summed E-state index contributed by atoms with van der Waals surface area (Å²) in [6.07, 6.45) is 1.63. The van der Waals surface area contributed by atoms with Crippen molar-refractivity contribution in [2.24, 2.45) is 0 Å². The molecule has 0 radical (unpaired) electrons. The van der Waals surface area contributed by atoms with Crippen molar-refractivity contribution in [3.8, 4) is 0 Å². The topological polar surface area (TPSA) is 66.1 Å². The Labute approximate surface area is 170 Å². The minimum absolute atomic E-state index is 0.232. The summed E-state index contributed by atoms with van der Waals surface area (Å²) in [4.78, 5) is 26.6. The number of rotatable bonds is 5. The molecule has 3 aromatic heterocycles. The maximum Gasteiger partial charge on any atom is 0.330 e. The van der Waals surface area contributed by atoms with Gasteiger partial charge in [0.15, 0.2) is 6.04 Å². The third kappa shape index (κ3) is 3.33. The van der Waals surface area contributed by atoms with Crippen LogP contribution >= 0.6 is 11.3 Å². The maximum absolute atomic E-state index is 13.3. The van der Waals surface area contributed by atoms with E-state index < -0.39 is 12.0 Å². The molecule has 0 N–H and O–H groups in total. The van der Waals surface area contributed by atoms with Crippen LogP contribution in [0.2, 0.25) is 0 Å². The summed E-state index contributed by atoms with van der Waals surface area (Å²) in [6, 6.07) is 7.41. The lowest BCUT2D eigenvalue weighted by atomic mass is 10.2. The average molecular weight is 413 g/mol. The molecule has 8 heteroatoms. The van der Waals surface area contributed by atoms with Crippen LogP contribution in [0.25, 0.3) is 21.1 Å². The summed E-state index contributed by atoms with van der Waals surface area (Å²) in [6.45, 7) is 5.96. The van der Waals surface area contributed by atoms with E-state index in [1.807, 2.05) is 17.6 Å². The number of carbonyl (C=O) groups is 1. The van der Waals surface area contributed by atoms with Crippen LogP contribution in [-0.2, 0) is 16.1 Å². The molecule has 0 saturated heterocycles. The average Bonchev–Trinajstić information content (AvgIpc) is 3.20. The lowest BCUT2D eigenvalue weighted by Crippen LogP contribution is -2.32. The molecule has 6 nitrogen and oxygen atoms in total. The zero-order valence-electron chi connectivity index (χ0n) is 16.3. The van der Waals surface area contributed by atoms with Gasteiger partial charge in [0, 0.05) is 16.8 Å². The summed E-state index contributed by atoms with van der Waals surface area (Å²) >= 11 is 1.59. The van der Waals surface area contributed by atoms with Crippen LogP contribution in [0.15, 0.2) is 41.3 Å². The molecule has 150 valence electrons. The minimum atomic E-state index is -0.833. The number of halogens is 1. The number of fused-ring (bicyclic) bond motifs is 3. The second-order valence-electron chi connectivity index (χ2n) is 6.87. The Morgan fingerprint density at radius 1 is 1.31 bits per heavy atom. The first-order chi connectivity index (χ1) is 13.9. The first kappa shape index (κ1) is 19.3. The molecule has 0 aliphatic carbocycles. The molecule has 4 aromatic rings. The van der Waals surface area contributed by atoms with E-state index in [1.54, 1.807) is 43.5 Å².